The minimum Gasteiger partial charge on any atom is -0.241 e. The van der Waals surface area contributed by atoms with Gasteiger partial charge < -0.3 is 0 Å². The van der Waals surface area contributed by atoms with Gasteiger partial charge >= 0.3 is 0 Å². The molecule has 0 N–H and O–H groups in total. The predicted octanol–water partition coefficient (Wildman–Crippen LogP) is 1.52. The third kappa shape index (κ3) is 3.30. The second-order valence-corrected chi connectivity index (χ2v) is 6.81. The highest BCUT2D eigenvalue weighted by molar-refractivity contribution is 7.89. The molecule has 0 atom stereocenters. The Hall–Kier alpha value is -2.30. The summed E-state index contributed by atoms with van der Waals surface area (Å²) < 4.78 is 26.5. The molecule has 1 heterocycles. The van der Waals surface area contributed by atoms with E-state index in [0.29, 0.717) is 17.8 Å². The number of hydrogen-bond acceptors (Lipinski definition) is 5. The van der Waals surface area contributed by atoms with Gasteiger partial charge in [-0.25, -0.2) is 22.7 Å². The third-order valence-electron chi connectivity index (χ3n) is 3.30. The van der Waals surface area contributed by atoms with Crippen molar-refractivity contribution in [3.8, 4) is 6.07 Å². The summed E-state index contributed by atoms with van der Waals surface area (Å²) in [6.07, 6.45) is 3.64. The summed E-state index contributed by atoms with van der Waals surface area (Å²) in [5, 5.41) is 9.20. The molecule has 0 bridgehead atoms. The van der Waals surface area contributed by atoms with Crippen molar-refractivity contribution in [1.29, 1.82) is 5.26 Å². The molecule has 0 unspecified atom stereocenters. The van der Waals surface area contributed by atoms with Gasteiger partial charge in [0.05, 0.1) is 5.56 Å². The van der Waals surface area contributed by atoms with Crippen LogP contribution >= 0.6 is 0 Å². The van der Waals surface area contributed by atoms with Crippen LogP contribution in [0.2, 0.25) is 0 Å². The minimum absolute atomic E-state index is 0.0338. The molecule has 0 spiro atoms. The van der Waals surface area contributed by atoms with Crippen molar-refractivity contribution >= 4 is 10.0 Å². The fraction of sp³-hybridized carbons (Fsp3) is 0.267. The van der Waals surface area contributed by atoms with Crippen LogP contribution in [0, 0.1) is 18.3 Å². The molecule has 22 heavy (non-hydrogen) atoms. The number of aryl methyl sites for hydroxylation is 1. The molecule has 0 aliphatic rings. The van der Waals surface area contributed by atoms with Gasteiger partial charge in [0.1, 0.15) is 16.8 Å². The molecule has 2 aromatic rings. The first-order chi connectivity index (χ1) is 10.5. The summed E-state index contributed by atoms with van der Waals surface area (Å²) in [6, 6.07) is 8.48. The van der Waals surface area contributed by atoms with E-state index >= 15 is 0 Å². The third-order valence-corrected chi connectivity index (χ3v) is 5.20. The summed E-state index contributed by atoms with van der Waals surface area (Å²) in [6.45, 7) is 1.96. The van der Waals surface area contributed by atoms with Gasteiger partial charge in [-0.1, -0.05) is 12.1 Å². The molecule has 114 valence electrons. The molecule has 0 aliphatic carbocycles. The lowest BCUT2D eigenvalue weighted by molar-refractivity contribution is 0.468. The minimum atomic E-state index is -3.72. The normalized spacial score (nSPS) is 11.4. The highest BCUT2D eigenvalue weighted by atomic mass is 32.2. The first-order valence-corrected chi connectivity index (χ1v) is 8.12. The number of likely N-dealkylation sites (N-methyl/N-ethyl adjacent to an activating group) is 1. The van der Waals surface area contributed by atoms with Gasteiger partial charge in [0, 0.05) is 32.4 Å². The molecule has 0 aliphatic heterocycles. The summed E-state index contributed by atoms with van der Waals surface area (Å²) in [4.78, 5) is 8.17. The molecule has 2 rings (SSSR count). The van der Waals surface area contributed by atoms with E-state index in [0.717, 1.165) is 0 Å². The van der Waals surface area contributed by atoms with E-state index in [1.54, 1.807) is 37.5 Å². The number of hydrogen-bond donors (Lipinski definition) is 0. The Morgan fingerprint density at radius 2 is 1.91 bits per heavy atom. The Kier molecular flexibility index (Phi) is 4.85. The lowest BCUT2D eigenvalue weighted by atomic mass is 10.1. The van der Waals surface area contributed by atoms with E-state index in [1.807, 2.05) is 6.07 Å². The molecule has 1 aromatic carbocycles. The van der Waals surface area contributed by atoms with E-state index in [1.165, 1.54) is 17.4 Å². The maximum atomic E-state index is 12.6. The second kappa shape index (κ2) is 6.64. The topological polar surface area (TPSA) is 87.0 Å². The molecule has 0 saturated heterocycles. The highest BCUT2D eigenvalue weighted by Crippen LogP contribution is 2.21. The number of nitrogens with zero attached hydrogens (tertiary/aromatic N) is 4. The maximum absolute atomic E-state index is 12.6. The van der Waals surface area contributed by atoms with E-state index in [2.05, 4.69) is 9.97 Å². The van der Waals surface area contributed by atoms with Crippen molar-refractivity contribution in [3.63, 3.8) is 0 Å². The lowest BCUT2D eigenvalue weighted by Gasteiger charge is -2.18. The van der Waals surface area contributed by atoms with Crippen molar-refractivity contribution in [2.45, 2.75) is 18.2 Å². The molecule has 1 aromatic heterocycles. The number of nitriles is 1. The molecule has 6 nitrogen and oxygen atoms in total. The zero-order valence-electron chi connectivity index (χ0n) is 12.4. The van der Waals surface area contributed by atoms with Crippen molar-refractivity contribution < 1.29 is 8.42 Å². The van der Waals surface area contributed by atoms with E-state index < -0.39 is 10.0 Å². The summed E-state index contributed by atoms with van der Waals surface area (Å²) >= 11 is 0. The maximum Gasteiger partial charge on any atom is 0.244 e. The van der Waals surface area contributed by atoms with Crippen LogP contribution in [-0.2, 0) is 16.4 Å². The Morgan fingerprint density at radius 3 is 2.55 bits per heavy atom. The lowest BCUT2D eigenvalue weighted by Crippen LogP contribution is -2.30. The average molecular weight is 316 g/mol. The molecular formula is C15H16N4O2S. The molecule has 7 heteroatoms. The molecule has 0 amide bonds. The number of benzene rings is 1. The quantitative estimate of drug-likeness (QED) is 0.834. The Bertz CT molecular complexity index is 798. The fourth-order valence-electron chi connectivity index (χ4n) is 2.00. The first kappa shape index (κ1) is 16.1. The first-order valence-electron chi connectivity index (χ1n) is 6.68. The van der Waals surface area contributed by atoms with Crippen LogP contribution in [0.15, 0.2) is 41.6 Å². The van der Waals surface area contributed by atoms with Gasteiger partial charge in [-0.3, -0.25) is 0 Å². The van der Waals surface area contributed by atoms with Gasteiger partial charge in [0.15, 0.2) is 0 Å². The smallest absolute Gasteiger partial charge is 0.241 e. The van der Waals surface area contributed by atoms with Gasteiger partial charge in [0.25, 0.3) is 0 Å². The highest BCUT2D eigenvalue weighted by Gasteiger charge is 2.24. The molecule has 0 radical (unpaired) electrons. The SMILES string of the molecule is Cc1cccc(S(=O)(=O)N(C)CCc2ncccn2)c1C#N. The van der Waals surface area contributed by atoms with Crippen molar-refractivity contribution in [2.24, 2.45) is 0 Å². The van der Waals surface area contributed by atoms with Gasteiger partial charge in [-0.05, 0) is 24.6 Å². The van der Waals surface area contributed by atoms with Crippen molar-refractivity contribution in [1.82, 2.24) is 14.3 Å². The standard InChI is InChI=1S/C15H16N4O2S/c1-12-5-3-6-14(13(12)11-16)22(20,21)19(2)10-7-15-17-8-4-9-18-15/h3-6,8-9H,7,10H2,1-2H3. The predicted molar refractivity (Wildman–Crippen MR) is 81.4 cm³/mol. The second-order valence-electron chi connectivity index (χ2n) is 4.80. The average Bonchev–Trinajstić information content (AvgIpc) is 2.53. The van der Waals surface area contributed by atoms with E-state index in [9.17, 15) is 13.7 Å². The zero-order chi connectivity index (χ0) is 16.2. The number of sulfonamides is 1. The van der Waals surface area contributed by atoms with Gasteiger partial charge in [-0.15, -0.1) is 0 Å². The number of rotatable bonds is 5. The van der Waals surface area contributed by atoms with Crippen LogP contribution < -0.4 is 0 Å². The zero-order valence-corrected chi connectivity index (χ0v) is 13.2. The molecule has 0 saturated carbocycles. The molecule has 0 fully saturated rings. The summed E-state index contributed by atoms with van der Waals surface area (Å²) in [7, 11) is -2.23. The Labute approximate surface area is 130 Å². The van der Waals surface area contributed by atoms with Gasteiger partial charge in [0.2, 0.25) is 10.0 Å². The van der Waals surface area contributed by atoms with Crippen molar-refractivity contribution in [2.75, 3.05) is 13.6 Å². The summed E-state index contributed by atoms with van der Waals surface area (Å²) in [5.41, 5.74) is 0.827. The van der Waals surface area contributed by atoms with Crippen LogP contribution in [0.4, 0.5) is 0 Å². The monoisotopic (exact) mass is 316 g/mol. The Balaban J connectivity index is 2.24. The molecular weight excluding hydrogens is 300 g/mol. The van der Waals surface area contributed by atoms with Crippen LogP contribution in [-0.4, -0.2) is 36.3 Å². The largest absolute Gasteiger partial charge is 0.244 e. The number of aromatic nitrogens is 2. The van der Waals surface area contributed by atoms with Crippen molar-refractivity contribution in [3.05, 3.63) is 53.6 Å². The van der Waals surface area contributed by atoms with Gasteiger partial charge in [-0.2, -0.15) is 5.26 Å². The van der Waals surface area contributed by atoms with E-state index in [-0.39, 0.29) is 17.0 Å². The van der Waals surface area contributed by atoms with Crippen LogP contribution in [0.5, 0.6) is 0 Å². The Morgan fingerprint density at radius 1 is 1.23 bits per heavy atom. The summed E-state index contributed by atoms with van der Waals surface area (Å²) in [5.74, 6) is 0.578. The van der Waals surface area contributed by atoms with Crippen LogP contribution in [0.25, 0.3) is 0 Å². The van der Waals surface area contributed by atoms with Crippen LogP contribution in [0.3, 0.4) is 0 Å². The van der Waals surface area contributed by atoms with Crippen LogP contribution in [0.1, 0.15) is 17.0 Å². The van der Waals surface area contributed by atoms with E-state index in [4.69, 9.17) is 0 Å². The fourth-order valence-corrected chi connectivity index (χ4v) is 3.39.